The van der Waals surface area contributed by atoms with E-state index in [0.29, 0.717) is 17.4 Å². The lowest BCUT2D eigenvalue weighted by Crippen LogP contribution is -2.24. The summed E-state index contributed by atoms with van der Waals surface area (Å²) < 4.78 is 5.82. The van der Waals surface area contributed by atoms with Gasteiger partial charge in [0.25, 0.3) is 0 Å². The average Bonchev–Trinajstić information content (AvgIpc) is 2.80. The molecule has 0 amide bonds. The topological polar surface area (TPSA) is 47.0 Å². The van der Waals surface area contributed by atoms with Crippen LogP contribution in [0.2, 0.25) is 5.02 Å². The maximum absolute atomic E-state index is 5.97. The zero-order chi connectivity index (χ0) is 12.4. The van der Waals surface area contributed by atoms with Crippen molar-refractivity contribution in [3.63, 3.8) is 0 Å². The third-order valence-corrected chi connectivity index (χ3v) is 3.16. The molecule has 1 aliphatic rings. The molecule has 1 unspecified atom stereocenters. The van der Waals surface area contributed by atoms with Gasteiger partial charge in [-0.1, -0.05) is 29.8 Å². The number of rotatable bonds is 3. The number of ether oxygens (including phenoxy) is 1. The molecule has 1 aliphatic heterocycles. The zero-order valence-electron chi connectivity index (χ0n) is 9.64. The Labute approximate surface area is 110 Å². The summed E-state index contributed by atoms with van der Waals surface area (Å²) in [5.41, 5.74) is 1.25. The minimum Gasteiger partial charge on any atom is -0.488 e. The summed E-state index contributed by atoms with van der Waals surface area (Å²) >= 11 is 5.97. The van der Waals surface area contributed by atoms with Gasteiger partial charge in [-0.05, 0) is 11.6 Å². The summed E-state index contributed by atoms with van der Waals surface area (Å²) in [6.45, 7) is 0.672. The first-order valence-corrected chi connectivity index (χ1v) is 6.14. The van der Waals surface area contributed by atoms with E-state index in [9.17, 15) is 0 Å². The number of para-hydroxylation sites is 1. The molecular formula is C13H12ClN3O. The second-order valence-electron chi connectivity index (χ2n) is 4.15. The van der Waals surface area contributed by atoms with Crippen molar-refractivity contribution in [1.82, 2.24) is 9.97 Å². The quantitative estimate of drug-likeness (QED) is 0.922. The summed E-state index contributed by atoms with van der Waals surface area (Å²) in [4.78, 5) is 7.92. The molecule has 18 heavy (non-hydrogen) atoms. The largest absolute Gasteiger partial charge is 0.488 e. The van der Waals surface area contributed by atoms with E-state index in [2.05, 4.69) is 21.4 Å². The van der Waals surface area contributed by atoms with Gasteiger partial charge >= 0.3 is 0 Å². The summed E-state index contributed by atoms with van der Waals surface area (Å²) in [5.74, 6) is 1.62. The standard InChI is InChI=1S/C13H12ClN3O/c14-11-7-15-8-17-13(11)16-6-10-5-9-3-1-2-4-12(9)18-10/h1-4,7-8,10H,5-6H2,(H,15,16,17). The van der Waals surface area contributed by atoms with Crippen LogP contribution in [0.1, 0.15) is 5.56 Å². The summed E-state index contributed by atoms with van der Waals surface area (Å²) in [6.07, 6.45) is 4.07. The van der Waals surface area contributed by atoms with Crippen molar-refractivity contribution >= 4 is 17.4 Å². The summed E-state index contributed by atoms with van der Waals surface area (Å²) in [5, 5.41) is 3.70. The van der Waals surface area contributed by atoms with Gasteiger partial charge in [-0.25, -0.2) is 9.97 Å². The third-order valence-electron chi connectivity index (χ3n) is 2.88. The fourth-order valence-electron chi connectivity index (χ4n) is 2.02. The number of nitrogens with one attached hydrogen (secondary N) is 1. The molecule has 0 radical (unpaired) electrons. The summed E-state index contributed by atoms with van der Waals surface area (Å²) in [6, 6.07) is 8.09. The first-order chi connectivity index (χ1) is 8.83. The van der Waals surface area contributed by atoms with E-state index in [0.717, 1.165) is 12.2 Å². The van der Waals surface area contributed by atoms with Gasteiger partial charge in [0.1, 0.15) is 29.0 Å². The van der Waals surface area contributed by atoms with Gasteiger partial charge in [-0.2, -0.15) is 0 Å². The smallest absolute Gasteiger partial charge is 0.148 e. The Morgan fingerprint density at radius 1 is 1.39 bits per heavy atom. The highest BCUT2D eigenvalue weighted by Gasteiger charge is 2.22. The second kappa shape index (κ2) is 4.82. The predicted octanol–water partition coefficient (Wildman–Crippen LogP) is 2.55. The van der Waals surface area contributed by atoms with Gasteiger partial charge < -0.3 is 10.1 Å². The molecule has 2 heterocycles. The van der Waals surface area contributed by atoms with Gasteiger partial charge in [-0.3, -0.25) is 0 Å². The third kappa shape index (κ3) is 2.24. The fraction of sp³-hybridized carbons (Fsp3) is 0.231. The lowest BCUT2D eigenvalue weighted by molar-refractivity contribution is 0.246. The van der Waals surface area contributed by atoms with Crippen molar-refractivity contribution in [2.45, 2.75) is 12.5 Å². The maximum atomic E-state index is 5.97. The van der Waals surface area contributed by atoms with Crippen LogP contribution in [0.3, 0.4) is 0 Å². The highest BCUT2D eigenvalue weighted by Crippen LogP contribution is 2.28. The monoisotopic (exact) mass is 261 g/mol. The van der Waals surface area contributed by atoms with E-state index in [4.69, 9.17) is 16.3 Å². The van der Waals surface area contributed by atoms with Crippen LogP contribution in [0.4, 0.5) is 5.82 Å². The van der Waals surface area contributed by atoms with Crippen LogP contribution in [0.25, 0.3) is 0 Å². The minimum atomic E-state index is 0.119. The van der Waals surface area contributed by atoms with E-state index >= 15 is 0 Å². The maximum Gasteiger partial charge on any atom is 0.148 e. The van der Waals surface area contributed by atoms with Gasteiger partial charge in [0, 0.05) is 6.42 Å². The number of hydrogen-bond donors (Lipinski definition) is 1. The number of aromatic nitrogens is 2. The molecule has 1 aromatic heterocycles. The molecule has 0 fully saturated rings. The molecule has 92 valence electrons. The van der Waals surface area contributed by atoms with Crippen LogP contribution in [-0.4, -0.2) is 22.6 Å². The van der Waals surface area contributed by atoms with Crippen LogP contribution >= 0.6 is 11.6 Å². The Morgan fingerprint density at radius 2 is 2.28 bits per heavy atom. The van der Waals surface area contributed by atoms with Gasteiger partial charge in [0.2, 0.25) is 0 Å². The molecule has 0 saturated carbocycles. The number of benzene rings is 1. The molecule has 0 saturated heterocycles. The van der Waals surface area contributed by atoms with Crippen molar-refractivity contribution in [2.75, 3.05) is 11.9 Å². The molecule has 3 rings (SSSR count). The normalized spacial score (nSPS) is 17.1. The van der Waals surface area contributed by atoms with E-state index in [1.807, 2.05) is 18.2 Å². The van der Waals surface area contributed by atoms with Crippen LogP contribution in [0.15, 0.2) is 36.8 Å². The molecular weight excluding hydrogens is 250 g/mol. The van der Waals surface area contributed by atoms with Gasteiger partial charge in [-0.15, -0.1) is 0 Å². The second-order valence-corrected chi connectivity index (χ2v) is 4.56. The highest BCUT2D eigenvalue weighted by molar-refractivity contribution is 6.32. The molecule has 0 bridgehead atoms. The van der Waals surface area contributed by atoms with Crippen molar-refractivity contribution in [1.29, 1.82) is 0 Å². The lowest BCUT2D eigenvalue weighted by Gasteiger charge is -2.12. The molecule has 2 aromatic rings. The first kappa shape index (κ1) is 11.3. The molecule has 1 aromatic carbocycles. The Balaban J connectivity index is 1.62. The molecule has 1 atom stereocenters. The Kier molecular flexibility index (Phi) is 3.02. The number of fused-ring (bicyclic) bond motifs is 1. The van der Waals surface area contributed by atoms with Gasteiger partial charge in [0.15, 0.2) is 0 Å². The minimum absolute atomic E-state index is 0.119. The zero-order valence-corrected chi connectivity index (χ0v) is 10.4. The Hall–Kier alpha value is -1.81. The van der Waals surface area contributed by atoms with Crippen LogP contribution in [0.5, 0.6) is 5.75 Å². The van der Waals surface area contributed by atoms with E-state index in [1.165, 1.54) is 11.9 Å². The van der Waals surface area contributed by atoms with Crippen LogP contribution in [0, 0.1) is 0 Å². The van der Waals surface area contributed by atoms with Crippen molar-refractivity contribution in [3.05, 3.63) is 47.4 Å². The van der Waals surface area contributed by atoms with E-state index < -0.39 is 0 Å². The first-order valence-electron chi connectivity index (χ1n) is 5.77. The SMILES string of the molecule is Clc1cncnc1NCC1Cc2ccccc2O1. The van der Waals surface area contributed by atoms with Crippen molar-refractivity contribution in [2.24, 2.45) is 0 Å². The number of hydrogen-bond acceptors (Lipinski definition) is 4. The molecule has 0 spiro atoms. The van der Waals surface area contributed by atoms with Gasteiger partial charge in [0.05, 0.1) is 12.7 Å². The average molecular weight is 262 g/mol. The van der Waals surface area contributed by atoms with E-state index in [1.54, 1.807) is 6.20 Å². The number of halogens is 1. The summed E-state index contributed by atoms with van der Waals surface area (Å²) in [7, 11) is 0. The van der Waals surface area contributed by atoms with E-state index in [-0.39, 0.29) is 6.10 Å². The van der Waals surface area contributed by atoms with Crippen molar-refractivity contribution < 1.29 is 4.74 Å². The van der Waals surface area contributed by atoms with Crippen LogP contribution in [-0.2, 0) is 6.42 Å². The molecule has 5 heteroatoms. The molecule has 1 N–H and O–H groups in total. The number of nitrogens with zero attached hydrogens (tertiary/aromatic N) is 2. The highest BCUT2D eigenvalue weighted by atomic mass is 35.5. The molecule has 0 aliphatic carbocycles. The van der Waals surface area contributed by atoms with Crippen molar-refractivity contribution in [3.8, 4) is 5.75 Å². The lowest BCUT2D eigenvalue weighted by atomic mass is 10.1. The molecule has 4 nitrogen and oxygen atoms in total. The van der Waals surface area contributed by atoms with Crippen LogP contribution < -0.4 is 10.1 Å². The predicted molar refractivity (Wildman–Crippen MR) is 70.1 cm³/mol. The Morgan fingerprint density at radius 3 is 3.11 bits per heavy atom. The number of anilines is 1. The fourth-order valence-corrected chi connectivity index (χ4v) is 2.19. The Bertz CT molecular complexity index is 536.